The monoisotopic (exact) mass is 282 g/mol. The lowest BCUT2D eigenvalue weighted by atomic mass is 9.73. The van der Waals surface area contributed by atoms with Crippen LogP contribution in [0.3, 0.4) is 0 Å². The number of hydrogen-bond acceptors (Lipinski definition) is 2. The van der Waals surface area contributed by atoms with Gasteiger partial charge in [0.1, 0.15) is 0 Å². The Morgan fingerprint density at radius 2 is 1.50 bits per heavy atom. The Labute approximate surface area is 127 Å². The number of nitrogens with one attached hydrogen (secondary N) is 1. The largest absolute Gasteiger partial charge is 0.312 e. The van der Waals surface area contributed by atoms with Crippen LogP contribution in [0.15, 0.2) is 0 Å². The molecule has 2 nitrogen and oxygen atoms in total. The average molecular weight is 283 g/mol. The third kappa shape index (κ3) is 4.21. The van der Waals surface area contributed by atoms with E-state index in [1.54, 1.807) is 0 Å². The number of hydrogen-bond donors (Lipinski definition) is 1. The summed E-state index contributed by atoms with van der Waals surface area (Å²) in [5.41, 5.74) is 0.377. The van der Waals surface area contributed by atoms with Gasteiger partial charge in [-0.3, -0.25) is 0 Å². The fourth-order valence-electron chi connectivity index (χ4n) is 4.23. The van der Waals surface area contributed by atoms with Crippen molar-refractivity contribution in [2.24, 2.45) is 5.92 Å². The number of rotatable bonds is 8. The molecule has 1 aliphatic carbocycles. The third-order valence-electron chi connectivity index (χ3n) is 5.57. The van der Waals surface area contributed by atoms with E-state index in [1.165, 1.54) is 57.8 Å². The van der Waals surface area contributed by atoms with E-state index in [9.17, 15) is 0 Å². The predicted octanol–water partition coefficient (Wildman–Crippen LogP) is 4.45. The predicted molar refractivity (Wildman–Crippen MR) is 90.3 cm³/mol. The molecule has 0 aromatic rings. The molecular weight excluding hydrogens is 244 g/mol. The van der Waals surface area contributed by atoms with Crippen molar-refractivity contribution in [1.29, 1.82) is 0 Å². The van der Waals surface area contributed by atoms with Crippen LogP contribution in [0, 0.1) is 5.92 Å². The molecule has 1 fully saturated rings. The Hall–Kier alpha value is -0.0800. The summed E-state index contributed by atoms with van der Waals surface area (Å²) in [7, 11) is 4.63. The second-order valence-electron chi connectivity index (χ2n) is 6.92. The van der Waals surface area contributed by atoms with Crippen molar-refractivity contribution in [3.8, 4) is 0 Å². The highest BCUT2D eigenvalue weighted by Crippen LogP contribution is 2.38. The first kappa shape index (κ1) is 18.0. The smallest absolute Gasteiger partial charge is 0.0359 e. The lowest BCUT2D eigenvalue weighted by molar-refractivity contribution is 0.0498. The van der Waals surface area contributed by atoms with Gasteiger partial charge in [-0.1, -0.05) is 59.3 Å². The minimum absolute atomic E-state index is 0.377. The highest BCUT2D eigenvalue weighted by Gasteiger charge is 2.43. The fraction of sp³-hybridized carbons (Fsp3) is 1.00. The minimum Gasteiger partial charge on any atom is -0.312 e. The zero-order valence-corrected chi connectivity index (χ0v) is 14.7. The van der Waals surface area contributed by atoms with Gasteiger partial charge in [-0.25, -0.2) is 0 Å². The first-order chi connectivity index (χ1) is 9.62. The van der Waals surface area contributed by atoms with Gasteiger partial charge in [-0.2, -0.15) is 0 Å². The van der Waals surface area contributed by atoms with Gasteiger partial charge in [-0.15, -0.1) is 0 Å². The first-order valence-electron chi connectivity index (χ1n) is 9.03. The SMILES string of the molecule is CCCNC(C(CC)CC)C1(N(C)C)CCCCCC1. The molecule has 1 aliphatic rings. The van der Waals surface area contributed by atoms with Crippen molar-refractivity contribution < 1.29 is 0 Å². The molecule has 0 spiro atoms. The third-order valence-corrected chi connectivity index (χ3v) is 5.57. The highest BCUT2D eigenvalue weighted by atomic mass is 15.2. The molecule has 120 valence electrons. The highest BCUT2D eigenvalue weighted by molar-refractivity contribution is 5.02. The molecular formula is C18H38N2. The topological polar surface area (TPSA) is 15.3 Å². The quantitative estimate of drug-likeness (QED) is 0.662. The maximum atomic E-state index is 3.95. The summed E-state index contributed by atoms with van der Waals surface area (Å²) in [6, 6.07) is 0.658. The summed E-state index contributed by atoms with van der Waals surface area (Å²) < 4.78 is 0. The second-order valence-corrected chi connectivity index (χ2v) is 6.92. The molecule has 0 heterocycles. The lowest BCUT2D eigenvalue weighted by Gasteiger charge is -2.49. The van der Waals surface area contributed by atoms with Crippen LogP contribution in [0.4, 0.5) is 0 Å². The van der Waals surface area contributed by atoms with Gasteiger partial charge in [0.25, 0.3) is 0 Å². The van der Waals surface area contributed by atoms with E-state index in [0.29, 0.717) is 11.6 Å². The Bertz CT molecular complexity index is 238. The van der Waals surface area contributed by atoms with Gasteiger partial charge >= 0.3 is 0 Å². The molecule has 0 bridgehead atoms. The molecule has 1 unspecified atom stereocenters. The van der Waals surface area contributed by atoms with Gasteiger partial charge in [0, 0.05) is 11.6 Å². The van der Waals surface area contributed by atoms with Crippen LogP contribution in [-0.2, 0) is 0 Å². The molecule has 0 saturated heterocycles. The summed E-state index contributed by atoms with van der Waals surface area (Å²) in [6.45, 7) is 8.19. The normalized spacial score (nSPS) is 21.1. The van der Waals surface area contributed by atoms with Crippen LogP contribution in [-0.4, -0.2) is 37.1 Å². The van der Waals surface area contributed by atoms with Crippen molar-refractivity contribution in [3.05, 3.63) is 0 Å². The molecule has 1 saturated carbocycles. The molecule has 1 atom stereocenters. The molecule has 20 heavy (non-hydrogen) atoms. The zero-order valence-electron chi connectivity index (χ0n) is 14.7. The van der Waals surface area contributed by atoms with Crippen molar-refractivity contribution in [2.45, 2.75) is 90.1 Å². The van der Waals surface area contributed by atoms with Crippen LogP contribution in [0.25, 0.3) is 0 Å². The minimum atomic E-state index is 0.377. The Kier molecular flexibility index (Phi) is 8.13. The summed E-state index contributed by atoms with van der Waals surface area (Å²) in [6.07, 6.45) is 12.3. The molecule has 0 amide bonds. The van der Waals surface area contributed by atoms with Crippen molar-refractivity contribution >= 4 is 0 Å². The maximum Gasteiger partial charge on any atom is 0.0359 e. The molecule has 1 rings (SSSR count). The number of nitrogens with zero attached hydrogens (tertiary/aromatic N) is 1. The summed E-state index contributed by atoms with van der Waals surface area (Å²) in [5, 5.41) is 3.95. The molecule has 2 heteroatoms. The van der Waals surface area contributed by atoms with Crippen molar-refractivity contribution in [2.75, 3.05) is 20.6 Å². The standard InChI is InChI=1S/C18H38N2/c1-6-15-19-17(16(7-2)8-3)18(20(4)5)13-11-9-10-12-14-18/h16-17,19H,6-15H2,1-5H3. The summed E-state index contributed by atoms with van der Waals surface area (Å²) >= 11 is 0. The van der Waals surface area contributed by atoms with Crippen LogP contribution >= 0.6 is 0 Å². The molecule has 0 aromatic heterocycles. The van der Waals surface area contributed by atoms with Crippen LogP contribution in [0.5, 0.6) is 0 Å². The van der Waals surface area contributed by atoms with Gasteiger partial charge in [0.2, 0.25) is 0 Å². The van der Waals surface area contributed by atoms with Gasteiger partial charge in [0.05, 0.1) is 0 Å². The van der Waals surface area contributed by atoms with E-state index in [0.717, 1.165) is 12.5 Å². The van der Waals surface area contributed by atoms with E-state index >= 15 is 0 Å². The maximum absolute atomic E-state index is 3.95. The Morgan fingerprint density at radius 1 is 0.950 bits per heavy atom. The zero-order chi connectivity index (χ0) is 15.0. The van der Waals surface area contributed by atoms with Gasteiger partial charge in [-0.05, 0) is 45.8 Å². The van der Waals surface area contributed by atoms with E-state index in [-0.39, 0.29) is 0 Å². The van der Waals surface area contributed by atoms with Crippen molar-refractivity contribution in [3.63, 3.8) is 0 Å². The van der Waals surface area contributed by atoms with Crippen LogP contribution in [0.1, 0.15) is 78.6 Å². The average Bonchev–Trinajstić information content (AvgIpc) is 2.70. The van der Waals surface area contributed by atoms with Crippen LogP contribution < -0.4 is 5.32 Å². The molecule has 0 aromatic carbocycles. The lowest BCUT2D eigenvalue weighted by Crippen LogP contribution is -2.61. The van der Waals surface area contributed by atoms with Gasteiger partial charge in [0.15, 0.2) is 0 Å². The van der Waals surface area contributed by atoms with E-state index in [1.807, 2.05) is 0 Å². The van der Waals surface area contributed by atoms with Gasteiger partial charge < -0.3 is 10.2 Å². The molecule has 0 aliphatic heterocycles. The van der Waals surface area contributed by atoms with E-state index in [2.05, 4.69) is 45.1 Å². The van der Waals surface area contributed by atoms with E-state index < -0.39 is 0 Å². The summed E-state index contributed by atoms with van der Waals surface area (Å²) in [5.74, 6) is 0.807. The Balaban J connectivity index is 3.00. The molecule has 0 radical (unpaired) electrons. The second kappa shape index (κ2) is 9.04. The van der Waals surface area contributed by atoms with Crippen molar-refractivity contribution in [1.82, 2.24) is 10.2 Å². The number of likely N-dealkylation sites (N-methyl/N-ethyl adjacent to an activating group) is 1. The van der Waals surface area contributed by atoms with Crippen LogP contribution in [0.2, 0.25) is 0 Å². The fourth-order valence-corrected chi connectivity index (χ4v) is 4.23. The molecule has 1 N–H and O–H groups in total. The Morgan fingerprint density at radius 3 is 1.90 bits per heavy atom. The first-order valence-corrected chi connectivity index (χ1v) is 9.03. The van der Waals surface area contributed by atoms with E-state index in [4.69, 9.17) is 0 Å². The summed E-state index contributed by atoms with van der Waals surface area (Å²) in [4.78, 5) is 2.56.